The van der Waals surface area contributed by atoms with Gasteiger partial charge in [0.2, 0.25) is 5.91 Å². The van der Waals surface area contributed by atoms with Gasteiger partial charge in [0.15, 0.2) is 0 Å². The zero-order valence-corrected chi connectivity index (χ0v) is 13.5. The molecule has 7 heteroatoms. The van der Waals surface area contributed by atoms with Gasteiger partial charge in [-0.05, 0) is 19.1 Å². The first kappa shape index (κ1) is 17.7. The Morgan fingerprint density at radius 2 is 1.92 bits per heavy atom. The van der Waals surface area contributed by atoms with E-state index in [1.165, 1.54) is 0 Å². The summed E-state index contributed by atoms with van der Waals surface area (Å²) < 4.78 is 9.94. The number of carbonyl (C=O) groups is 3. The van der Waals surface area contributed by atoms with Crippen molar-refractivity contribution >= 4 is 23.5 Å². The highest BCUT2D eigenvalue weighted by molar-refractivity contribution is 6.07. The Kier molecular flexibility index (Phi) is 6.51. The molecule has 0 bridgehead atoms. The lowest BCUT2D eigenvalue weighted by Crippen LogP contribution is -2.41. The van der Waals surface area contributed by atoms with Gasteiger partial charge in [-0.1, -0.05) is 12.1 Å². The van der Waals surface area contributed by atoms with Gasteiger partial charge >= 0.3 is 5.97 Å². The highest BCUT2D eigenvalue weighted by atomic mass is 16.5. The Morgan fingerprint density at radius 3 is 2.62 bits per heavy atom. The Hall–Kier alpha value is -2.67. The molecule has 1 aromatic rings. The Morgan fingerprint density at radius 1 is 1.21 bits per heavy atom. The fourth-order valence-corrected chi connectivity index (χ4v) is 2.22. The molecular formula is C17H20N2O5. The number of morpholine rings is 1. The Bertz CT molecular complexity index is 636. The number of nitrogens with one attached hydrogen (secondary N) is 1. The van der Waals surface area contributed by atoms with E-state index in [4.69, 9.17) is 9.47 Å². The predicted octanol–water partition coefficient (Wildman–Crippen LogP) is 1.22. The van der Waals surface area contributed by atoms with Crippen molar-refractivity contribution in [1.82, 2.24) is 4.90 Å². The summed E-state index contributed by atoms with van der Waals surface area (Å²) in [7, 11) is 0. The number of para-hydroxylation sites is 1. The van der Waals surface area contributed by atoms with Crippen LogP contribution in [-0.4, -0.2) is 55.6 Å². The maximum Gasteiger partial charge on any atom is 0.330 e. The second-order valence-corrected chi connectivity index (χ2v) is 5.02. The van der Waals surface area contributed by atoms with Crippen LogP contribution in [0.25, 0.3) is 0 Å². The van der Waals surface area contributed by atoms with Gasteiger partial charge in [-0.2, -0.15) is 0 Å². The molecule has 0 radical (unpaired) electrons. The first-order valence-electron chi connectivity index (χ1n) is 7.73. The first-order valence-corrected chi connectivity index (χ1v) is 7.73. The van der Waals surface area contributed by atoms with Crippen LogP contribution in [0.4, 0.5) is 5.69 Å². The van der Waals surface area contributed by atoms with Crippen LogP contribution in [0.3, 0.4) is 0 Å². The molecule has 0 unspecified atom stereocenters. The lowest BCUT2D eigenvalue weighted by molar-refractivity contribution is -0.137. The minimum absolute atomic E-state index is 0.163. The summed E-state index contributed by atoms with van der Waals surface area (Å²) >= 11 is 0. The van der Waals surface area contributed by atoms with Crippen molar-refractivity contribution in [2.75, 3.05) is 38.2 Å². The summed E-state index contributed by atoms with van der Waals surface area (Å²) in [5.41, 5.74) is 0.796. The molecule has 0 aliphatic carbocycles. The van der Waals surface area contributed by atoms with E-state index in [0.29, 0.717) is 37.6 Å². The van der Waals surface area contributed by atoms with E-state index in [1.807, 2.05) is 0 Å². The van der Waals surface area contributed by atoms with Crippen LogP contribution in [0.1, 0.15) is 17.3 Å². The summed E-state index contributed by atoms with van der Waals surface area (Å²) in [4.78, 5) is 37.4. The predicted molar refractivity (Wildman–Crippen MR) is 87.6 cm³/mol. The zero-order chi connectivity index (χ0) is 17.4. The second-order valence-electron chi connectivity index (χ2n) is 5.02. The molecule has 1 heterocycles. The standard InChI is InChI=1S/C17H20N2O5/c1-2-24-16(21)8-7-15(20)18-14-6-4-3-5-13(14)17(22)19-9-11-23-12-10-19/h3-8H,2,9-12H2,1H3,(H,18,20). The third kappa shape index (κ3) is 4.92. The van der Waals surface area contributed by atoms with Gasteiger partial charge in [-0.3, -0.25) is 9.59 Å². The van der Waals surface area contributed by atoms with E-state index < -0.39 is 11.9 Å². The van der Waals surface area contributed by atoms with Gasteiger partial charge in [-0.15, -0.1) is 0 Å². The Balaban J connectivity index is 2.06. The molecule has 2 rings (SSSR count). The number of ether oxygens (including phenoxy) is 2. The number of benzene rings is 1. The molecule has 0 atom stereocenters. The number of esters is 1. The van der Waals surface area contributed by atoms with E-state index in [1.54, 1.807) is 36.1 Å². The summed E-state index contributed by atoms with van der Waals surface area (Å²) in [6.45, 7) is 3.96. The van der Waals surface area contributed by atoms with Crippen molar-refractivity contribution in [2.45, 2.75) is 6.92 Å². The number of hydrogen-bond donors (Lipinski definition) is 1. The van der Waals surface area contributed by atoms with Gasteiger partial charge in [0.25, 0.3) is 5.91 Å². The number of hydrogen-bond acceptors (Lipinski definition) is 5. The molecule has 1 aromatic carbocycles. The fraction of sp³-hybridized carbons (Fsp3) is 0.353. The first-order chi connectivity index (χ1) is 11.6. The fourth-order valence-electron chi connectivity index (χ4n) is 2.22. The van der Waals surface area contributed by atoms with E-state index in [2.05, 4.69) is 5.32 Å². The second kappa shape index (κ2) is 8.83. The molecule has 0 aromatic heterocycles. The summed E-state index contributed by atoms with van der Waals surface area (Å²) in [6, 6.07) is 6.75. The SMILES string of the molecule is CCOC(=O)C=CC(=O)Nc1ccccc1C(=O)N1CCOCC1. The van der Waals surface area contributed by atoms with Gasteiger partial charge in [0.1, 0.15) is 0 Å². The minimum Gasteiger partial charge on any atom is -0.463 e. The number of anilines is 1. The van der Waals surface area contributed by atoms with Crippen LogP contribution in [0, 0.1) is 0 Å². The monoisotopic (exact) mass is 332 g/mol. The average Bonchev–Trinajstić information content (AvgIpc) is 2.61. The average molecular weight is 332 g/mol. The third-order valence-corrected chi connectivity index (χ3v) is 3.37. The number of carbonyl (C=O) groups excluding carboxylic acids is 3. The van der Waals surface area contributed by atoms with Crippen molar-refractivity contribution in [3.05, 3.63) is 42.0 Å². The zero-order valence-electron chi connectivity index (χ0n) is 13.5. The molecule has 2 amide bonds. The molecule has 0 spiro atoms. The number of rotatable bonds is 5. The highest BCUT2D eigenvalue weighted by Gasteiger charge is 2.21. The largest absolute Gasteiger partial charge is 0.463 e. The summed E-state index contributed by atoms with van der Waals surface area (Å²) in [5, 5.41) is 2.62. The van der Waals surface area contributed by atoms with Crippen LogP contribution in [0.15, 0.2) is 36.4 Å². The lowest BCUT2D eigenvalue weighted by atomic mass is 10.1. The maximum absolute atomic E-state index is 12.6. The molecule has 1 fully saturated rings. The Labute approximate surface area is 140 Å². The molecule has 1 aliphatic heterocycles. The van der Waals surface area contributed by atoms with Gasteiger partial charge in [0.05, 0.1) is 31.1 Å². The van der Waals surface area contributed by atoms with Crippen LogP contribution >= 0.6 is 0 Å². The normalized spacial score (nSPS) is 14.5. The topological polar surface area (TPSA) is 84.9 Å². The van der Waals surface area contributed by atoms with Crippen LogP contribution in [0.5, 0.6) is 0 Å². The van der Waals surface area contributed by atoms with Crippen LogP contribution < -0.4 is 5.32 Å². The lowest BCUT2D eigenvalue weighted by Gasteiger charge is -2.27. The number of amides is 2. The smallest absolute Gasteiger partial charge is 0.330 e. The van der Waals surface area contributed by atoms with Gasteiger partial charge in [0, 0.05) is 25.2 Å². The van der Waals surface area contributed by atoms with Crippen LogP contribution in [-0.2, 0) is 19.1 Å². The molecule has 128 valence electrons. The summed E-state index contributed by atoms with van der Waals surface area (Å²) in [6.07, 6.45) is 2.12. The molecular weight excluding hydrogens is 312 g/mol. The van der Waals surface area contributed by atoms with Gasteiger partial charge in [-0.25, -0.2) is 4.79 Å². The van der Waals surface area contributed by atoms with Crippen molar-refractivity contribution < 1.29 is 23.9 Å². The maximum atomic E-state index is 12.6. The highest BCUT2D eigenvalue weighted by Crippen LogP contribution is 2.18. The molecule has 7 nitrogen and oxygen atoms in total. The molecule has 24 heavy (non-hydrogen) atoms. The van der Waals surface area contributed by atoms with E-state index in [9.17, 15) is 14.4 Å². The van der Waals surface area contributed by atoms with Crippen LogP contribution in [0.2, 0.25) is 0 Å². The van der Waals surface area contributed by atoms with E-state index in [0.717, 1.165) is 12.2 Å². The van der Waals surface area contributed by atoms with E-state index in [-0.39, 0.29) is 12.5 Å². The van der Waals surface area contributed by atoms with Crippen molar-refractivity contribution in [2.24, 2.45) is 0 Å². The van der Waals surface area contributed by atoms with Crippen molar-refractivity contribution in [3.8, 4) is 0 Å². The van der Waals surface area contributed by atoms with Crippen molar-refractivity contribution in [3.63, 3.8) is 0 Å². The molecule has 1 aliphatic rings. The molecule has 1 saturated heterocycles. The quantitative estimate of drug-likeness (QED) is 0.647. The van der Waals surface area contributed by atoms with Gasteiger partial charge < -0.3 is 19.7 Å². The van der Waals surface area contributed by atoms with Crippen molar-refractivity contribution in [1.29, 1.82) is 0 Å². The third-order valence-electron chi connectivity index (χ3n) is 3.37. The van der Waals surface area contributed by atoms with E-state index >= 15 is 0 Å². The molecule has 0 saturated carbocycles. The minimum atomic E-state index is -0.592. The molecule has 1 N–H and O–H groups in total. The summed E-state index contributed by atoms with van der Waals surface area (Å²) in [5.74, 6) is -1.26. The number of nitrogens with zero attached hydrogens (tertiary/aromatic N) is 1.